The third-order valence-corrected chi connectivity index (χ3v) is 4.43. The van der Waals surface area contributed by atoms with Crippen molar-refractivity contribution >= 4 is 40.7 Å². The molecule has 0 spiro atoms. The molecule has 138 valence electrons. The van der Waals surface area contributed by atoms with Crippen LogP contribution in [-0.2, 0) is 4.84 Å². The fourth-order valence-corrected chi connectivity index (χ4v) is 2.89. The minimum Gasteiger partial charge on any atom is -0.398 e. The zero-order chi connectivity index (χ0) is 19.6. The first-order valence-corrected chi connectivity index (χ1v) is 8.53. The van der Waals surface area contributed by atoms with Gasteiger partial charge in [-0.1, -0.05) is 40.5 Å². The van der Waals surface area contributed by atoms with E-state index < -0.39 is 5.97 Å². The highest BCUT2D eigenvalue weighted by Crippen LogP contribution is 2.29. The van der Waals surface area contributed by atoms with Crippen molar-refractivity contribution in [2.45, 2.75) is 6.92 Å². The van der Waals surface area contributed by atoms with Crippen LogP contribution in [0.5, 0.6) is 0 Å². The van der Waals surface area contributed by atoms with Gasteiger partial charge in [0, 0.05) is 21.8 Å². The van der Waals surface area contributed by atoms with Crippen molar-refractivity contribution in [1.82, 2.24) is 10.2 Å². The molecule has 1 heterocycles. The SMILES string of the molecule is Cc1c(N)cccc1/C(N)=N/OC(=O)c1cc(-c2ccc(Cl)cc2Cl)n[nH]1. The summed E-state index contributed by atoms with van der Waals surface area (Å²) < 4.78 is 0. The van der Waals surface area contributed by atoms with Crippen LogP contribution in [0.3, 0.4) is 0 Å². The van der Waals surface area contributed by atoms with Gasteiger partial charge < -0.3 is 16.3 Å². The average Bonchev–Trinajstić information content (AvgIpc) is 3.11. The van der Waals surface area contributed by atoms with Crippen molar-refractivity contribution in [2.75, 3.05) is 5.73 Å². The Morgan fingerprint density at radius 3 is 2.74 bits per heavy atom. The Balaban J connectivity index is 1.77. The number of aromatic nitrogens is 2. The number of anilines is 1. The number of hydrogen-bond acceptors (Lipinski definition) is 5. The van der Waals surface area contributed by atoms with Gasteiger partial charge in [0.15, 0.2) is 5.84 Å². The molecule has 3 aromatic rings. The van der Waals surface area contributed by atoms with Gasteiger partial charge in [0.25, 0.3) is 0 Å². The minimum atomic E-state index is -0.747. The lowest BCUT2D eigenvalue weighted by molar-refractivity contribution is 0.0509. The number of nitrogen functional groups attached to an aromatic ring is 1. The summed E-state index contributed by atoms with van der Waals surface area (Å²) in [7, 11) is 0. The summed E-state index contributed by atoms with van der Waals surface area (Å²) in [4.78, 5) is 17.1. The number of amidine groups is 1. The molecule has 0 fully saturated rings. The Kier molecular flexibility index (Phi) is 5.34. The number of H-pyrrole nitrogens is 1. The van der Waals surface area contributed by atoms with Gasteiger partial charge >= 0.3 is 5.97 Å². The Morgan fingerprint density at radius 2 is 2.00 bits per heavy atom. The van der Waals surface area contributed by atoms with E-state index in [1.807, 2.05) is 0 Å². The molecule has 0 atom stereocenters. The zero-order valence-electron chi connectivity index (χ0n) is 14.2. The molecular formula is C18H15Cl2N5O2. The molecule has 7 nitrogen and oxygen atoms in total. The predicted octanol–water partition coefficient (Wildman–Crippen LogP) is 3.75. The molecular weight excluding hydrogens is 389 g/mol. The van der Waals surface area contributed by atoms with E-state index in [1.54, 1.807) is 43.3 Å². The first kappa shape index (κ1) is 18.8. The molecule has 0 unspecified atom stereocenters. The van der Waals surface area contributed by atoms with Crippen LogP contribution < -0.4 is 11.5 Å². The van der Waals surface area contributed by atoms with Crippen LogP contribution in [0.25, 0.3) is 11.3 Å². The summed E-state index contributed by atoms with van der Waals surface area (Å²) in [5, 5.41) is 11.2. The monoisotopic (exact) mass is 403 g/mol. The number of carbonyl (C=O) groups is 1. The molecule has 0 saturated heterocycles. The first-order valence-electron chi connectivity index (χ1n) is 7.78. The minimum absolute atomic E-state index is 0.0358. The average molecular weight is 404 g/mol. The number of hydrogen-bond donors (Lipinski definition) is 3. The summed E-state index contributed by atoms with van der Waals surface area (Å²) in [6, 6.07) is 11.7. The van der Waals surface area contributed by atoms with E-state index in [9.17, 15) is 4.79 Å². The third kappa shape index (κ3) is 4.05. The van der Waals surface area contributed by atoms with E-state index in [0.29, 0.717) is 32.6 Å². The zero-order valence-corrected chi connectivity index (χ0v) is 15.7. The van der Waals surface area contributed by atoms with Crippen molar-refractivity contribution in [2.24, 2.45) is 10.9 Å². The largest absolute Gasteiger partial charge is 0.398 e. The molecule has 2 aromatic carbocycles. The van der Waals surface area contributed by atoms with Gasteiger partial charge in [-0.05, 0) is 42.8 Å². The topological polar surface area (TPSA) is 119 Å². The molecule has 0 amide bonds. The second kappa shape index (κ2) is 7.69. The normalized spacial score (nSPS) is 11.4. The van der Waals surface area contributed by atoms with Crippen molar-refractivity contribution in [3.8, 4) is 11.3 Å². The molecule has 9 heteroatoms. The number of carbonyl (C=O) groups excluding carboxylic acids is 1. The van der Waals surface area contributed by atoms with E-state index in [2.05, 4.69) is 15.4 Å². The molecule has 3 rings (SSSR count). The van der Waals surface area contributed by atoms with E-state index >= 15 is 0 Å². The summed E-state index contributed by atoms with van der Waals surface area (Å²) >= 11 is 12.0. The molecule has 5 N–H and O–H groups in total. The number of benzene rings is 2. The molecule has 0 aliphatic heterocycles. The van der Waals surface area contributed by atoms with E-state index in [1.165, 1.54) is 6.07 Å². The van der Waals surface area contributed by atoms with Crippen molar-refractivity contribution in [3.63, 3.8) is 0 Å². The Morgan fingerprint density at radius 1 is 1.22 bits per heavy atom. The molecule has 27 heavy (non-hydrogen) atoms. The van der Waals surface area contributed by atoms with Crippen LogP contribution in [-0.4, -0.2) is 22.0 Å². The Bertz CT molecular complexity index is 1050. The molecule has 0 saturated carbocycles. The second-order valence-electron chi connectivity index (χ2n) is 5.67. The van der Waals surface area contributed by atoms with Crippen LogP contribution in [0, 0.1) is 6.92 Å². The summed E-state index contributed by atoms with van der Waals surface area (Å²) in [6.07, 6.45) is 0. The molecule has 0 aliphatic rings. The van der Waals surface area contributed by atoms with Gasteiger partial charge in [0.2, 0.25) is 0 Å². The lowest BCUT2D eigenvalue weighted by Gasteiger charge is -2.06. The quantitative estimate of drug-likeness (QED) is 0.201. The van der Waals surface area contributed by atoms with Gasteiger partial charge in [-0.3, -0.25) is 5.10 Å². The first-order chi connectivity index (χ1) is 12.9. The number of rotatable bonds is 4. The Labute approximate surface area is 164 Å². The molecule has 0 bridgehead atoms. The van der Waals surface area contributed by atoms with E-state index in [-0.39, 0.29) is 11.5 Å². The van der Waals surface area contributed by atoms with Crippen molar-refractivity contribution in [1.29, 1.82) is 0 Å². The van der Waals surface area contributed by atoms with E-state index in [0.717, 1.165) is 5.56 Å². The van der Waals surface area contributed by atoms with Crippen LogP contribution in [0.1, 0.15) is 21.6 Å². The van der Waals surface area contributed by atoms with Crippen LogP contribution >= 0.6 is 23.2 Å². The van der Waals surface area contributed by atoms with Gasteiger partial charge in [-0.2, -0.15) is 5.10 Å². The number of nitrogens with two attached hydrogens (primary N) is 2. The highest BCUT2D eigenvalue weighted by atomic mass is 35.5. The number of aromatic amines is 1. The van der Waals surface area contributed by atoms with Crippen LogP contribution in [0.4, 0.5) is 5.69 Å². The third-order valence-electron chi connectivity index (χ3n) is 3.88. The van der Waals surface area contributed by atoms with Gasteiger partial charge in [-0.25, -0.2) is 4.79 Å². The number of nitrogens with zero attached hydrogens (tertiary/aromatic N) is 2. The summed E-state index contributed by atoms with van der Waals surface area (Å²) in [5.74, 6) is -0.711. The maximum absolute atomic E-state index is 12.2. The molecule has 0 radical (unpaired) electrons. The Hall–Kier alpha value is -3.03. The van der Waals surface area contributed by atoms with Crippen molar-refractivity contribution < 1.29 is 9.63 Å². The summed E-state index contributed by atoms with van der Waals surface area (Å²) in [5.41, 5.74) is 14.8. The fourth-order valence-electron chi connectivity index (χ4n) is 2.38. The van der Waals surface area contributed by atoms with Crippen LogP contribution in [0.2, 0.25) is 10.0 Å². The van der Waals surface area contributed by atoms with Gasteiger partial charge in [-0.15, -0.1) is 0 Å². The second-order valence-corrected chi connectivity index (χ2v) is 6.51. The number of nitrogens with one attached hydrogen (secondary N) is 1. The smallest absolute Gasteiger partial charge is 0.383 e. The maximum atomic E-state index is 12.2. The fraction of sp³-hybridized carbons (Fsp3) is 0.0556. The maximum Gasteiger partial charge on any atom is 0.383 e. The number of oxime groups is 1. The molecule has 1 aromatic heterocycles. The number of halogens is 2. The van der Waals surface area contributed by atoms with Gasteiger partial charge in [0.05, 0.1) is 10.7 Å². The lowest BCUT2D eigenvalue weighted by Crippen LogP contribution is -2.17. The van der Waals surface area contributed by atoms with Crippen molar-refractivity contribution in [3.05, 3.63) is 69.3 Å². The predicted molar refractivity (Wildman–Crippen MR) is 106 cm³/mol. The van der Waals surface area contributed by atoms with E-state index in [4.69, 9.17) is 39.5 Å². The highest BCUT2D eigenvalue weighted by molar-refractivity contribution is 6.36. The van der Waals surface area contributed by atoms with Gasteiger partial charge in [0.1, 0.15) is 5.69 Å². The highest BCUT2D eigenvalue weighted by Gasteiger charge is 2.15. The molecule has 0 aliphatic carbocycles. The lowest BCUT2D eigenvalue weighted by atomic mass is 10.1. The van der Waals surface area contributed by atoms with Crippen LogP contribution in [0.15, 0.2) is 47.6 Å². The summed E-state index contributed by atoms with van der Waals surface area (Å²) in [6.45, 7) is 1.80. The standard InChI is InChI=1S/C18H15Cl2N5O2/c1-9-11(3-2-4-14(9)21)17(22)25-27-18(26)16-8-15(23-24-16)12-6-5-10(19)7-13(12)20/h2-8H,21H2,1H3,(H2,22,25)(H,23,24).